The molecule has 1 rings (SSSR count). The van der Waals surface area contributed by atoms with Crippen LogP contribution in [0.3, 0.4) is 0 Å². The standard InChI is InChI=1S/C13H24N2O3/c1-3-15(8-11(16)17)12(18)13(9-14)6-4-10(2)5-7-13/h10H,3-9,14H2,1-2H3,(H,16,17). The summed E-state index contributed by atoms with van der Waals surface area (Å²) in [5, 5.41) is 8.84. The lowest BCUT2D eigenvalue weighted by atomic mass is 9.70. The highest BCUT2D eigenvalue weighted by atomic mass is 16.4. The van der Waals surface area contributed by atoms with Crippen molar-refractivity contribution in [3.05, 3.63) is 0 Å². The molecular formula is C13H24N2O3. The molecule has 0 aromatic rings. The van der Waals surface area contributed by atoms with Crippen LogP contribution in [0.2, 0.25) is 0 Å². The van der Waals surface area contributed by atoms with Crippen LogP contribution in [0.25, 0.3) is 0 Å². The maximum absolute atomic E-state index is 12.5. The Morgan fingerprint density at radius 2 is 1.94 bits per heavy atom. The van der Waals surface area contributed by atoms with Crippen molar-refractivity contribution in [2.45, 2.75) is 39.5 Å². The highest BCUT2D eigenvalue weighted by Gasteiger charge is 2.42. The molecule has 0 unspecified atom stereocenters. The minimum Gasteiger partial charge on any atom is -0.480 e. The molecule has 0 radical (unpaired) electrons. The fraction of sp³-hybridized carbons (Fsp3) is 0.846. The van der Waals surface area contributed by atoms with Crippen LogP contribution in [0.15, 0.2) is 0 Å². The van der Waals surface area contributed by atoms with Crippen molar-refractivity contribution >= 4 is 11.9 Å². The predicted molar refractivity (Wildman–Crippen MR) is 69.0 cm³/mol. The predicted octanol–water partition coefficient (Wildman–Crippen LogP) is 1.07. The number of hydrogen-bond acceptors (Lipinski definition) is 3. The van der Waals surface area contributed by atoms with Crippen molar-refractivity contribution in [3.63, 3.8) is 0 Å². The van der Waals surface area contributed by atoms with E-state index in [0.717, 1.165) is 25.7 Å². The monoisotopic (exact) mass is 256 g/mol. The van der Waals surface area contributed by atoms with Gasteiger partial charge in [-0.1, -0.05) is 6.92 Å². The summed E-state index contributed by atoms with van der Waals surface area (Å²) >= 11 is 0. The molecule has 1 amide bonds. The van der Waals surface area contributed by atoms with Gasteiger partial charge in [0.15, 0.2) is 0 Å². The Kier molecular flexibility index (Phi) is 5.14. The molecule has 1 aliphatic carbocycles. The summed E-state index contributed by atoms with van der Waals surface area (Å²) in [5.41, 5.74) is 5.28. The first-order chi connectivity index (χ1) is 8.45. The number of hydrogen-bond donors (Lipinski definition) is 2. The maximum atomic E-state index is 12.5. The van der Waals surface area contributed by atoms with E-state index in [9.17, 15) is 9.59 Å². The SMILES string of the molecule is CCN(CC(=O)O)C(=O)C1(CN)CCC(C)CC1. The first-order valence-corrected chi connectivity index (χ1v) is 6.66. The van der Waals surface area contributed by atoms with E-state index in [2.05, 4.69) is 6.92 Å². The third-order valence-corrected chi connectivity index (χ3v) is 4.07. The number of rotatable bonds is 5. The molecule has 1 saturated carbocycles. The molecular weight excluding hydrogens is 232 g/mol. The fourth-order valence-corrected chi connectivity index (χ4v) is 2.65. The second kappa shape index (κ2) is 6.18. The van der Waals surface area contributed by atoms with Crippen LogP contribution in [0.4, 0.5) is 0 Å². The van der Waals surface area contributed by atoms with E-state index in [0.29, 0.717) is 19.0 Å². The molecule has 18 heavy (non-hydrogen) atoms. The molecule has 0 spiro atoms. The lowest BCUT2D eigenvalue weighted by Crippen LogP contribution is -2.51. The summed E-state index contributed by atoms with van der Waals surface area (Å²) in [6.45, 7) is 4.49. The normalized spacial score (nSPS) is 27.8. The number of amides is 1. The number of nitrogens with zero attached hydrogens (tertiary/aromatic N) is 1. The smallest absolute Gasteiger partial charge is 0.323 e. The number of carbonyl (C=O) groups is 2. The number of likely N-dealkylation sites (N-methyl/N-ethyl adjacent to an activating group) is 1. The number of carboxylic acid groups (broad SMARTS) is 1. The van der Waals surface area contributed by atoms with E-state index in [4.69, 9.17) is 10.8 Å². The second-order valence-corrected chi connectivity index (χ2v) is 5.38. The molecule has 0 aromatic heterocycles. The number of nitrogens with two attached hydrogens (primary N) is 1. The minimum atomic E-state index is -0.971. The van der Waals surface area contributed by atoms with E-state index < -0.39 is 11.4 Å². The molecule has 104 valence electrons. The van der Waals surface area contributed by atoms with E-state index in [1.54, 1.807) is 6.92 Å². The number of carbonyl (C=O) groups excluding carboxylic acids is 1. The lowest BCUT2D eigenvalue weighted by Gasteiger charge is -2.40. The molecule has 5 nitrogen and oxygen atoms in total. The summed E-state index contributed by atoms with van der Waals surface area (Å²) in [6.07, 6.45) is 3.54. The Balaban J connectivity index is 2.80. The quantitative estimate of drug-likeness (QED) is 0.771. The van der Waals surface area contributed by atoms with Gasteiger partial charge in [-0.05, 0) is 38.5 Å². The number of aliphatic carboxylic acids is 1. The topological polar surface area (TPSA) is 83.6 Å². The Labute approximate surface area is 108 Å². The van der Waals surface area contributed by atoms with Crippen molar-refractivity contribution in [1.29, 1.82) is 0 Å². The molecule has 0 atom stereocenters. The highest BCUT2D eigenvalue weighted by Crippen LogP contribution is 2.39. The lowest BCUT2D eigenvalue weighted by molar-refractivity contribution is -0.151. The minimum absolute atomic E-state index is 0.0817. The number of carboxylic acids is 1. The van der Waals surface area contributed by atoms with E-state index in [1.807, 2.05) is 0 Å². The zero-order valence-electron chi connectivity index (χ0n) is 11.3. The fourth-order valence-electron chi connectivity index (χ4n) is 2.65. The van der Waals surface area contributed by atoms with E-state index in [1.165, 1.54) is 4.90 Å². The van der Waals surface area contributed by atoms with Gasteiger partial charge in [-0.25, -0.2) is 0 Å². The first-order valence-electron chi connectivity index (χ1n) is 6.66. The Bertz CT molecular complexity index is 309. The average Bonchev–Trinajstić information content (AvgIpc) is 2.36. The summed E-state index contributed by atoms with van der Waals surface area (Å²) in [5.74, 6) is -0.421. The van der Waals surface area contributed by atoms with Crippen LogP contribution < -0.4 is 5.73 Å². The molecule has 0 aliphatic heterocycles. The van der Waals surface area contributed by atoms with Gasteiger partial charge >= 0.3 is 5.97 Å². The van der Waals surface area contributed by atoms with Crippen LogP contribution in [-0.2, 0) is 9.59 Å². The van der Waals surface area contributed by atoms with Crippen molar-refractivity contribution in [2.24, 2.45) is 17.1 Å². The molecule has 0 bridgehead atoms. The summed E-state index contributed by atoms with van der Waals surface area (Å²) in [7, 11) is 0. The molecule has 0 aromatic carbocycles. The molecule has 1 fully saturated rings. The van der Waals surface area contributed by atoms with Gasteiger partial charge in [-0.2, -0.15) is 0 Å². The largest absolute Gasteiger partial charge is 0.480 e. The third kappa shape index (κ3) is 3.22. The molecule has 3 N–H and O–H groups in total. The van der Waals surface area contributed by atoms with Crippen molar-refractivity contribution < 1.29 is 14.7 Å². The highest BCUT2D eigenvalue weighted by molar-refractivity contribution is 5.86. The van der Waals surface area contributed by atoms with Gasteiger partial charge in [-0.3, -0.25) is 9.59 Å². The van der Waals surface area contributed by atoms with Gasteiger partial charge in [0.25, 0.3) is 0 Å². The van der Waals surface area contributed by atoms with E-state index in [-0.39, 0.29) is 12.5 Å². The Morgan fingerprint density at radius 1 is 1.39 bits per heavy atom. The van der Waals surface area contributed by atoms with Crippen molar-refractivity contribution in [3.8, 4) is 0 Å². The molecule has 5 heteroatoms. The Morgan fingerprint density at radius 3 is 2.33 bits per heavy atom. The van der Waals surface area contributed by atoms with Gasteiger partial charge in [0, 0.05) is 13.1 Å². The maximum Gasteiger partial charge on any atom is 0.323 e. The molecule has 1 aliphatic rings. The van der Waals surface area contributed by atoms with Crippen LogP contribution in [0.5, 0.6) is 0 Å². The molecule has 0 heterocycles. The van der Waals surface area contributed by atoms with Gasteiger partial charge in [0.1, 0.15) is 6.54 Å². The van der Waals surface area contributed by atoms with E-state index >= 15 is 0 Å². The summed E-state index contributed by atoms with van der Waals surface area (Å²) in [6, 6.07) is 0. The van der Waals surface area contributed by atoms with Crippen LogP contribution in [0.1, 0.15) is 39.5 Å². The van der Waals surface area contributed by atoms with Crippen molar-refractivity contribution in [1.82, 2.24) is 4.90 Å². The van der Waals surface area contributed by atoms with Crippen molar-refractivity contribution in [2.75, 3.05) is 19.6 Å². The zero-order valence-corrected chi connectivity index (χ0v) is 11.3. The van der Waals surface area contributed by atoms with Gasteiger partial charge in [-0.15, -0.1) is 0 Å². The average molecular weight is 256 g/mol. The van der Waals surface area contributed by atoms with Crippen LogP contribution in [-0.4, -0.2) is 41.5 Å². The first kappa shape index (κ1) is 15.0. The van der Waals surface area contributed by atoms with Gasteiger partial charge in [0.05, 0.1) is 5.41 Å². The van der Waals surface area contributed by atoms with Crippen LogP contribution in [0, 0.1) is 11.3 Å². The van der Waals surface area contributed by atoms with Gasteiger partial charge in [0.2, 0.25) is 5.91 Å². The summed E-state index contributed by atoms with van der Waals surface area (Å²) in [4.78, 5) is 24.7. The van der Waals surface area contributed by atoms with Gasteiger partial charge < -0.3 is 15.7 Å². The Hall–Kier alpha value is -1.10. The molecule has 0 saturated heterocycles. The van der Waals surface area contributed by atoms with Crippen LogP contribution >= 0.6 is 0 Å². The second-order valence-electron chi connectivity index (χ2n) is 5.38. The zero-order chi connectivity index (χ0) is 13.8. The third-order valence-electron chi connectivity index (χ3n) is 4.07. The summed E-state index contributed by atoms with van der Waals surface area (Å²) < 4.78 is 0.